The summed E-state index contributed by atoms with van der Waals surface area (Å²) in [4.78, 5) is 27.6. The maximum absolute atomic E-state index is 12.8. The van der Waals surface area contributed by atoms with E-state index in [1.54, 1.807) is 23.7 Å². The van der Waals surface area contributed by atoms with Crippen LogP contribution in [-0.4, -0.2) is 27.1 Å². The minimum Gasteiger partial charge on any atom is -0.305 e. The smallest absolute Gasteiger partial charge is 0.305 e. The zero-order valence-electron chi connectivity index (χ0n) is 15.6. The van der Waals surface area contributed by atoms with E-state index in [0.717, 1.165) is 37.5 Å². The van der Waals surface area contributed by atoms with Crippen molar-refractivity contribution in [2.75, 3.05) is 13.1 Å². The van der Waals surface area contributed by atoms with Gasteiger partial charge in [-0.05, 0) is 42.7 Å². The molecule has 7 heteroatoms. The maximum atomic E-state index is 12.8. The normalized spacial score (nSPS) is 16.0. The first-order valence-electron chi connectivity index (χ1n) is 9.32. The van der Waals surface area contributed by atoms with E-state index >= 15 is 0 Å². The van der Waals surface area contributed by atoms with Gasteiger partial charge in [0.15, 0.2) is 0 Å². The lowest BCUT2D eigenvalue weighted by Gasteiger charge is -2.33. The molecular weight excluding hydrogens is 397 g/mol. The van der Waals surface area contributed by atoms with Gasteiger partial charge in [0.05, 0.1) is 16.1 Å². The maximum Gasteiger partial charge on any atom is 0.317 e. The minimum absolute atomic E-state index is 0.0422. The molecule has 0 saturated carbocycles. The number of hydrogen-bond donors (Lipinski definition) is 0. The third-order valence-corrected chi connectivity index (χ3v) is 6.03. The van der Waals surface area contributed by atoms with Crippen LogP contribution in [0.25, 0.3) is 11.0 Å². The second-order valence-corrected chi connectivity index (χ2v) is 8.13. The average Bonchev–Trinajstić information content (AvgIpc) is 2.68. The molecule has 1 aliphatic heterocycles. The molecule has 2 heterocycles. The highest BCUT2D eigenvalue weighted by atomic mass is 35.5. The van der Waals surface area contributed by atoms with Gasteiger partial charge in [-0.15, -0.1) is 0 Å². The number of fused-ring (bicyclic) bond motifs is 1. The van der Waals surface area contributed by atoms with Crippen molar-refractivity contribution in [3.8, 4) is 0 Å². The number of halogens is 2. The van der Waals surface area contributed by atoms with Crippen molar-refractivity contribution in [3.05, 3.63) is 78.8 Å². The van der Waals surface area contributed by atoms with Crippen molar-refractivity contribution in [3.63, 3.8) is 0 Å². The van der Waals surface area contributed by atoms with Gasteiger partial charge in [-0.3, -0.25) is 19.1 Å². The van der Waals surface area contributed by atoms with Gasteiger partial charge in [-0.1, -0.05) is 41.4 Å². The van der Waals surface area contributed by atoms with Gasteiger partial charge in [0, 0.05) is 37.7 Å². The largest absolute Gasteiger partial charge is 0.317 e. The number of para-hydroxylation sites is 1. The van der Waals surface area contributed by atoms with Gasteiger partial charge in [-0.2, -0.15) is 0 Å². The predicted octanol–water partition coefficient (Wildman–Crippen LogP) is 3.84. The van der Waals surface area contributed by atoms with Gasteiger partial charge < -0.3 is 4.57 Å². The summed E-state index contributed by atoms with van der Waals surface area (Å²) in [5, 5.41) is 1.23. The minimum atomic E-state index is -0.517. The van der Waals surface area contributed by atoms with Crippen LogP contribution in [0.1, 0.15) is 24.4 Å². The van der Waals surface area contributed by atoms with Crippen LogP contribution >= 0.6 is 23.2 Å². The summed E-state index contributed by atoms with van der Waals surface area (Å²) in [7, 11) is 1.61. The first-order valence-corrected chi connectivity index (χ1v) is 10.1. The lowest BCUT2D eigenvalue weighted by Crippen LogP contribution is -2.44. The number of hydrogen-bond acceptors (Lipinski definition) is 3. The number of nitrogens with zero attached hydrogens (tertiary/aromatic N) is 3. The fourth-order valence-electron chi connectivity index (χ4n) is 4.05. The summed E-state index contributed by atoms with van der Waals surface area (Å²) in [6, 6.07) is 13.2. The molecule has 5 nitrogen and oxygen atoms in total. The van der Waals surface area contributed by atoms with Gasteiger partial charge in [0.1, 0.15) is 0 Å². The van der Waals surface area contributed by atoms with Crippen molar-refractivity contribution < 1.29 is 0 Å². The molecule has 2 aromatic carbocycles. The van der Waals surface area contributed by atoms with E-state index in [9.17, 15) is 9.59 Å². The Morgan fingerprint density at radius 2 is 1.71 bits per heavy atom. The number of likely N-dealkylation sites (tertiary alicyclic amines) is 1. The molecule has 0 amide bonds. The molecule has 1 aromatic heterocycles. The molecule has 0 spiro atoms. The molecule has 3 aromatic rings. The van der Waals surface area contributed by atoms with Gasteiger partial charge in [0.2, 0.25) is 0 Å². The van der Waals surface area contributed by atoms with E-state index in [4.69, 9.17) is 23.2 Å². The Bertz CT molecular complexity index is 1140. The molecule has 0 bridgehead atoms. The van der Waals surface area contributed by atoms with Crippen LogP contribution in [0.4, 0.5) is 0 Å². The summed E-state index contributed by atoms with van der Waals surface area (Å²) in [5.74, 6) is 0. The Morgan fingerprint density at radius 1 is 1.00 bits per heavy atom. The molecule has 0 radical (unpaired) electrons. The number of piperidine rings is 1. The van der Waals surface area contributed by atoms with Gasteiger partial charge >= 0.3 is 11.1 Å². The number of rotatable bonds is 3. The molecule has 1 saturated heterocycles. The SMILES string of the molecule is Cn1c(=O)c(=O)n(C2CCN(Cc3cccc(Cl)c3)CC2)c2c(Cl)cccc21. The molecule has 0 aliphatic carbocycles. The van der Waals surface area contributed by atoms with Gasteiger partial charge in [-0.25, -0.2) is 0 Å². The second kappa shape index (κ2) is 7.74. The Hall–Kier alpha value is -2.08. The molecule has 4 rings (SSSR count). The van der Waals surface area contributed by atoms with E-state index in [1.165, 1.54) is 10.1 Å². The highest BCUT2D eigenvalue weighted by Gasteiger charge is 2.25. The van der Waals surface area contributed by atoms with E-state index in [2.05, 4.69) is 11.0 Å². The Kier molecular flexibility index (Phi) is 5.32. The quantitative estimate of drug-likeness (QED) is 0.608. The van der Waals surface area contributed by atoms with E-state index in [-0.39, 0.29) is 6.04 Å². The van der Waals surface area contributed by atoms with Crippen LogP contribution < -0.4 is 11.1 Å². The number of aromatic nitrogens is 2. The van der Waals surface area contributed by atoms with E-state index < -0.39 is 11.1 Å². The van der Waals surface area contributed by atoms with Crippen molar-refractivity contribution >= 4 is 34.2 Å². The standard InChI is InChI=1S/C21H21Cl2N3O2/c1-24-18-7-3-6-17(23)19(18)26(21(28)20(24)27)16-8-10-25(11-9-16)13-14-4-2-5-15(22)12-14/h2-7,12,16H,8-11,13H2,1H3. The van der Waals surface area contributed by atoms with Crippen molar-refractivity contribution in [2.45, 2.75) is 25.4 Å². The number of benzene rings is 2. The highest BCUT2D eigenvalue weighted by Crippen LogP contribution is 2.29. The van der Waals surface area contributed by atoms with Crippen LogP contribution in [-0.2, 0) is 13.6 Å². The van der Waals surface area contributed by atoms with Crippen LogP contribution in [0.15, 0.2) is 52.1 Å². The van der Waals surface area contributed by atoms with Crippen molar-refractivity contribution in [1.29, 1.82) is 0 Å². The highest BCUT2D eigenvalue weighted by molar-refractivity contribution is 6.35. The molecule has 28 heavy (non-hydrogen) atoms. The Morgan fingerprint density at radius 3 is 2.43 bits per heavy atom. The second-order valence-electron chi connectivity index (χ2n) is 7.28. The molecule has 1 aliphatic rings. The predicted molar refractivity (Wildman–Crippen MR) is 113 cm³/mol. The molecule has 0 N–H and O–H groups in total. The number of aryl methyl sites for hydroxylation is 1. The van der Waals surface area contributed by atoms with Crippen LogP contribution in [0.3, 0.4) is 0 Å². The lowest BCUT2D eigenvalue weighted by atomic mass is 10.0. The van der Waals surface area contributed by atoms with Crippen molar-refractivity contribution in [1.82, 2.24) is 14.0 Å². The first-order chi connectivity index (χ1) is 13.5. The molecule has 1 fully saturated rings. The topological polar surface area (TPSA) is 47.2 Å². The summed E-state index contributed by atoms with van der Waals surface area (Å²) >= 11 is 12.5. The van der Waals surface area contributed by atoms with E-state index in [0.29, 0.717) is 16.1 Å². The first kappa shape index (κ1) is 19.2. The van der Waals surface area contributed by atoms with Crippen LogP contribution in [0.2, 0.25) is 10.0 Å². The van der Waals surface area contributed by atoms with E-state index in [1.807, 2.05) is 24.3 Å². The summed E-state index contributed by atoms with van der Waals surface area (Å²) in [6.45, 7) is 2.50. The Balaban J connectivity index is 1.63. The molecule has 146 valence electrons. The lowest BCUT2D eigenvalue weighted by molar-refractivity contribution is 0.179. The summed E-state index contributed by atoms with van der Waals surface area (Å²) in [6.07, 6.45) is 1.57. The fourth-order valence-corrected chi connectivity index (χ4v) is 4.52. The summed E-state index contributed by atoms with van der Waals surface area (Å²) in [5.41, 5.74) is 1.47. The zero-order chi connectivity index (χ0) is 19.8. The third-order valence-electron chi connectivity index (χ3n) is 5.49. The van der Waals surface area contributed by atoms with Crippen LogP contribution in [0, 0.1) is 0 Å². The van der Waals surface area contributed by atoms with Gasteiger partial charge in [0.25, 0.3) is 0 Å². The van der Waals surface area contributed by atoms with Crippen LogP contribution in [0.5, 0.6) is 0 Å². The zero-order valence-corrected chi connectivity index (χ0v) is 17.1. The van der Waals surface area contributed by atoms with Crippen molar-refractivity contribution in [2.24, 2.45) is 7.05 Å². The Labute approximate surface area is 172 Å². The monoisotopic (exact) mass is 417 g/mol. The average molecular weight is 418 g/mol. The fraction of sp³-hybridized carbons (Fsp3) is 0.333. The summed E-state index contributed by atoms with van der Waals surface area (Å²) < 4.78 is 3.01. The third kappa shape index (κ3) is 3.50. The molecular formula is C21H21Cl2N3O2. The molecule has 0 unspecified atom stereocenters. The molecule has 0 atom stereocenters.